The molecule has 1 fully saturated rings. The summed E-state index contributed by atoms with van der Waals surface area (Å²) in [4.78, 5) is 21.3. The van der Waals surface area contributed by atoms with Crippen molar-refractivity contribution >= 4 is 11.9 Å². The minimum absolute atomic E-state index is 0.0521. The topological polar surface area (TPSA) is 66.4 Å². The van der Waals surface area contributed by atoms with Gasteiger partial charge in [0.25, 0.3) is 0 Å². The van der Waals surface area contributed by atoms with Gasteiger partial charge in [-0.2, -0.15) is 0 Å². The normalized spacial score (nSPS) is 31.2. The highest BCUT2D eigenvalue weighted by Gasteiger charge is 2.36. The highest BCUT2D eigenvalue weighted by Crippen LogP contribution is 2.25. The Morgan fingerprint density at radius 2 is 2.36 bits per heavy atom. The van der Waals surface area contributed by atoms with Crippen molar-refractivity contribution in [3.63, 3.8) is 0 Å². The van der Waals surface area contributed by atoms with Gasteiger partial charge in [-0.15, -0.1) is 0 Å². The molecule has 1 amide bonds. The zero-order valence-electron chi connectivity index (χ0n) is 6.39. The van der Waals surface area contributed by atoms with Gasteiger partial charge in [-0.1, -0.05) is 0 Å². The van der Waals surface area contributed by atoms with Crippen LogP contribution in [0.2, 0.25) is 0 Å². The van der Waals surface area contributed by atoms with Crippen LogP contribution in [0.3, 0.4) is 0 Å². The summed E-state index contributed by atoms with van der Waals surface area (Å²) in [5, 5.41) is 11.3. The van der Waals surface area contributed by atoms with Crippen LogP contribution in [0.5, 0.6) is 0 Å². The maximum absolute atomic E-state index is 10.7. The van der Waals surface area contributed by atoms with Gasteiger partial charge in [0.15, 0.2) is 0 Å². The van der Waals surface area contributed by atoms with Crippen LogP contribution in [0, 0.1) is 5.41 Å². The summed E-state index contributed by atoms with van der Waals surface area (Å²) in [6, 6.07) is 0. The lowest BCUT2D eigenvalue weighted by molar-refractivity contribution is -0.150. The van der Waals surface area contributed by atoms with E-state index in [0.29, 0.717) is 12.8 Å². The summed E-state index contributed by atoms with van der Waals surface area (Å²) in [5.74, 6) is -0.888. The van der Waals surface area contributed by atoms with Crippen LogP contribution in [-0.2, 0) is 9.59 Å². The Balaban J connectivity index is 2.62. The minimum Gasteiger partial charge on any atom is -0.481 e. The van der Waals surface area contributed by atoms with E-state index in [0.717, 1.165) is 0 Å². The van der Waals surface area contributed by atoms with Crippen molar-refractivity contribution in [1.82, 2.24) is 5.32 Å². The number of piperidine rings is 1. The molecule has 1 heterocycles. The van der Waals surface area contributed by atoms with Crippen LogP contribution >= 0.6 is 0 Å². The van der Waals surface area contributed by atoms with E-state index >= 15 is 0 Å². The van der Waals surface area contributed by atoms with Crippen molar-refractivity contribution in [2.45, 2.75) is 19.8 Å². The predicted molar refractivity (Wildman–Crippen MR) is 38.0 cm³/mol. The van der Waals surface area contributed by atoms with Crippen LogP contribution in [0.25, 0.3) is 0 Å². The lowest BCUT2D eigenvalue weighted by Crippen LogP contribution is -2.45. The van der Waals surface area contributed by atoms with Crippen LogP contribution in [0.1, 0.15) is 19.8 Å². The van der Waals surface area contributed by atoms with Crippen molar-refractivity contribution in [3.05, 3.63) is 0 Å². The number of carbonyl (C=O) groups excluding carboxylic acids is 1. The summed E-state index contributed by atoms with van der Waals surface area (Å²) in [7, 11) is 0. The first-order chi connectivity index (χ1) is 5.04. The highest BCUT2D eigenvalue weighted by atomic mass is 16.4. The molecule has 0 aromatic rings. The third-order valence-electron chi connectivity index (χ3n) is 2.10. The molecule has 0 spiro atoms. The first-order valence-electron chi connectivity index (χ1n) is 3.55. The summed E-state index contributed by atoms with van der Waals surface area (Å²) in [6.07, 6.45) is 0.761. The zero-order valence-corrected chi connectivity index (χ0v) is 6.39. The number of rotatable bonds is 1. The predicted octanol–water partition coefficient (Wildman–Crippen LogP) is -0.0127. The molecule has 0 aromatic carbocycles. The van der Waals surface area contributed by atoms with E-state index in [4.69, 9.17) is 5.11 Å². The lowest BCUT2D eigenvalue weighted by Gasteiger charge is -2.28. The monoisotopic (exact) mass is 157 g/mol. The van der Waals surface area contributed by atoms with Gasteiger partial charge >= 0.3 is 5.97 Å². The molecule has 1 saturated heterocycles. The van der Waals surface area contributed by atoms with Gasteiger partial charge in [0, 0.05) is 13.0 Å². The fourth-order valence-electron chi connectivity index (χ4n) is 1.04. The number of hydrogen-bond acceptors (Lipinski definition) is 2. The van der Waals surface area contributed by atoms with Crippen molar-refractivity contribution < 1.29 is 14.7 Å². The Labute approximate surface area is 64.6 Å². The quantitative estimate of drug-likeness (QED) is 0.562. The van der Waals surface area contributed by atoms with Gasteiger partial charge in [-0.25, -0.2) is 0 Å². The smallest absolute Gasteiger partial charge is 0.311 e. The van der Waals surface area contributed by atoms with Crippen LogP contribution in [0.4, 0.5) is 0 Å². The highest BCUT2D eigenvalue weighted by molar-refractivity contribution is 5.82. The van der Waals surface area contributed by atoms with Gasteiger partial charge in [-0.05, 0) is 13.3 Å². The maximum atomic E-state index is 10.7. The summed E-state index contributed by atoms with van der Waals surface area (Å²) >= 11 is 0. The summed E-state index contributed by atoms with van der Waals surface area (Å²) in [6.45, 7) is 1.90. The molecule has 0 radical (unpaired) electrons. The SMILES string of the molecule is C[C@]1(C(=O)O)CCC(=O)NC1. The molecule has 1 aliphatic rings. The number of carboxylic acid groups (broad SMARTS) is 1. The van der Waals surface area contributed by atoms with Crippen molar-refractivity contribution in [2.24, 2.45) is 5.41 Å². The fourth-order valence-corrected chi connectivity index (χ4v) is 1.04. The third kappa shape index (κ3) is 1.50. The largest absolute Gasteiger partial charge is 0.481 e. The number of nitrogens with one attached hydrogen (secondary N) is 1. The number of carboxylic acids is 1. The van der Waals surface area contributed by atoms with Crippen molar-refractivity contribution in [1.29, 1.82) is 0 Å². The Morgan fingerprint density at radius 3 is 2.73 bits per heavy atom. The van der Waals surface area contributed by atoms with E-state index in [2.05, 4.69) is 5.32 Å². The van der Waals surface area contributed by atoms with Gasteiger partial charge in [0.2, 0.25) is 5.91 Å². The third-order valence-corrected chi connectivity index (χ3v) is 2.10. The molecule has 62 valence electrons. The number of hydrogen-bond donors (Lipinski definition) is 2. The standard InChI is InChI=1S/C7H11NO3/c1-7(6(10)11)3-2-5(9)8-4-7/h2-4H2,1H3,(H,8,9)(H,10,11)/t7-/m0/s1. The maximum Gasteiger partial charge on any atom is 0.311 e. The Kier molecular flexibility index (Phi) is 1.85. The molecule has 0 saturated carbocycles. The molecule has 0 aromatic heterocycles. The number of carbonyl (C=O) groups is 2. The van der Waals surface area contributed by atoms with Gasteiger partial charge < -0.3 is 10.4 Å². The molecule has 11 heavy (non-hydrogen) atoms. The summed E-state index contributed by atoms with van der Waals surface area (Å²) in [5.41, 5.74) is -0.756. The van der Waals surface area contributed by atoms with Crippen LogP contribution in [0.15, 0.2) is 0 Å². The average molecular weight is 157 g/mol. The van der Waals surface area contributed by atoms with E-state index in [1.165, 1.54) is 0 Å². The van der Waals surface area contributed by atoms with Crippen LogP contribution < -0.4 is 5.32 Å². The average Bonchev–Trinajstić information content (AvgIpc) is 1.95. The Morgan fingerprint density at radius 1 is 1.73 bits per heavy atom. The van der Waals surface area contributed by atoms with E-state index in [1.54, 1.807) is 6.92 Å². The minimum atomic E-state index is -0.836. The Bertz CT molecular complexity index is 190. The first kappa shape index (κ1) is 8.04. The zero-order chi connectivity index (χ0) is 8.48. The number of amides is 1. The van der Waals surface area contributed by atoms with Gasteiger partial charge in [-0.3, -0.25) is 9.59 Å². The molecule has 0 aliphatic carbocycles. The van der Waals surface area contributed by atoms with Gasteiger partial charge in [0.05, 0.1) is 5.41 Å². The molecule has 1 rings (SSSR count). The second kappa shape index (κ2) is 2.53. The lowest BCUT2D eigenvalue weighted by atomic mass is 9.83. The molecule has 4 nitrogen and oxygen atoms in total. The second-order valence-corrected chi connectivity index (χ2v) is 3.14. The fraction of sp³-hybridized carbons (Fsp3) is 0.714. The van der Waals surface area contributed by atoms with E-state index in [-0.39, 0.29) is 12.5 Å². The molecule has 0 bridgehead atoms. The molecular formula is C7H11NO3. The van der Waals surface area contributed by atoms with Crippen LogP contribution in [-0.4, -0.2) is 23.5 Å². The molecule has 2 N–H and O–H groups in total. The van der Waals surface area contributed by atoms with E-state index in [9.17, 15) is 9.59 Å². The summed E-state index contributed by atoms with van der Waals surface area (Å²) < 4.78 is 0. The molecule has 0 unspecified atom stereocenters. The van der Waals surface area contributed by atoms with E-state index < -0.39 is 11.4 Å². The molecule has 4 heteroatoms. The van der Waals surface area contributed by atoms with Gasteiger partial charge in [0.1, 0.15) is 0 Å². The van der Waals surface area contributed by atoms with E-state index in [1.807, 2.05) is 0 Å². The molecular weight excluding hydrogens is 146 g/mol. The Hall–Kier alpha value is -1.06. The first-order valence-corrected chi connectivity index (χ1v) is 3.55. The number of aliphatic carboxylic acids is 1. The molecule has 1 atom stereocenters. The second-order valence-electron chi connectivity index (χ2n) is 3.14. The van der Waals surface area contributed by atoms with Crippen molar-refractivity contribution in [3.8, 4) is 0 Å². The van der Waals surface area contributed by atoms with Crippen molar-refractivity contribution in [2.75, 3.05) is 6.54 Å². The molecule has 1 aliphatic heterocycles.